The number of nitrogens with two attached hydrogens (primary N) is 1. The van der Waals surface area contributed by atoms with Crippen LogP contribution in [0.2, 0.25) is 0 Å². The van der Waals surface area contributed by atoms with Crippen LogP contribution in [0.3, 0.4) is 0 Å². The molecule has 4 nitrogen and oxygen atoms in total. The predicted molar refractivity (Wildman–Crippen MR) is 75.6 cm³/mol. The highest BCUT2D eigenvalue weighted by Gasteiger charge is 2.32. The van der Waals surface area contributed by atoms with E-state index >= 15 is 0 Å². The SMILES string of the molecule is CCC(C)C(C)NC(=O)c1cc(C(F)(F)F)ccc1NN. The molecule has 0 aliphatic heterocycles. The molecular weight excluding hydrogens is 283 g/mol. The van der Waals surface area contributed by atoms with E-state index in [0.29, 0.717) is 0 Å². The van der Waals surface area contributed by atoms with Crippen molar-refractivity contribution in [2.75, 3.05) is 5.43 Å². The van der Waals surface area contributed by atoms with Crippen molar-refractivity contribution in [2.24, 2.45) is 11.8 Å². The second-order valence-corrected chi connectivity index (χ2v) is 5.05. The number of rotatable bonds is 5. The van der Waals surface area contributed by atoms with Gasteiger partial charge in [-0.2, -0.15) is 13.2 Å². The number of hydrogen-bond acceptors (Lipinski definition) is 3. The fourth-order valence-corrected chi connectivity index (χ4v) is 1.81. The first-order valence-electron chi connectivity index (χ1n) is 6.69. The van der Waals surface area contributed by atoms with E-state index in [4.69, 9.17) is 5.84 Å². The normalized spacial score (nSPS) is 14.4. The van der Waals surface area contributed by atoms with E-state index < -0.39 is 17.6 Å². The molecular formula is C14H20F3N3O. The average molecular weight is 303 g/mol. The molecule has 0 fully saturated rings. The zero-order valence-electron chi connectivity index (χ0n) is 12.2. The number of nitrogens with one attached hydrogen (secondary N) is 2. The first-order chi connectivity index (χ1) is 9.70. The Labute approximate surface area is 121 Å². The molecule has 0 heterocycles. The molecule has 0 aliphatic carbocycles. The van der Waals surface area contributed by atoms with Crippen molar-refractivity contribution < 1.29 is 18.0 Å². The summed E-state index contributed by atoms with van der Waals surface area (Å²) in [5.74, 6) is 4.89. The number of hydrazine groups is 1. The lowest BCUT2D eigenvalue weighted by Crippen LogP contribution is -2.37. The Kier molecular flexibility index (Phi) is 5.60. The third kappa shape index (κ3) is 4.35. The van der Waals surface area contributed by atoms with Crippen LogP contribution in [0, 0.1) is 5.92 Å². The molecule has 1 amide bonds. The maximum Gasteiger partial charge on any atom is 0.416 e. The van der Waals surface area contributed by atoms with Gasteiger partial charge in [0, 0.05) is 6.04 Å². The highest BCUT2D eigenvalue weighted by Crippen LogP contribution is 2.31. The number of alkyl halides is 3. The molecule has 0 radical (unpaired) electrons. The number of anilines is 1. The van der Waals surface area contributed by atoms with E-state index in [-0.39, 0.29) is 23.2 Å². The Bertz CT molecular complexity index is 503. The third-order valence-electron chi connectivity index (χ3n) is 3.60. The summed E-state index contributed by atoms with van der Waals surface area (Å²) in [6.45, 7) is 5.75. The predicted octanol–water partition coefficient (Wildman–Crippen LogP) is 3.16. The van der Waals surface area contributed by atoms with Crippen molar-refractivity contribution in [3.05, 3.63) is 29.3 Å². The van der Waals surface area contributed by atoms with Crippen molar-refractivity contribution in [3.8, 4) is 0 Å². The highest BCUT2D eigenvalue weighted by atomic mass is 19.4. The molecule has 118 valence electrons. The molecule has 0 aromatic heterocycles. The summed E-state index contributed by atoms with van der Waals surface area (Å²) in [6.07, 6.45) is -3.66. The van der Waals surface area contributed by atoms with E-state index in [0.717, 1.165) is 24.6 Å². The molecule has 2 unspecified atom stereocenters. The number of halogens is 3. The van der Waals surface area contributed by atoms with Gasteiger partial charge in [-0.1, -0.05) is 20.3 Å². The summed E-state index contributed by atoms with van der Waals surface area (Å²) < 4.78 is 38.2. The Balaban J connectivity index is 3.07. The molecule has 21 heavy (non-hydrogen) atoms. The van der Waals surface area contributed by atoms with E-state index in [1.54, 1.807) is 0 Å². The first kappa shape index (κ1) is 17.3. The van der Waals surface area contributed by atoms with Gasteiger partial charge in [0.25, 0.3) is 5.91 Å². The lowest BCUT2D eigenvalue weighted by atomic mass is 10.00. The largest absolute Gasteiger partial charge is 0.416 e. The Morgan fingerprint density at radius 3 is 2.43 bits per heavy atom. The van der Waals surface area contributed by atoms with Gasteiger partial charge in [0.05, 0.1) is 16.8 Å². The van der Waals surface area contributed by atoms with E-state index in [2.05, 4.69) is 10.7 Å². The topological polar surface area (TPSA) is 67.2 Å². The van der Waals surface area contributed by atoms with E-state index in [9.17, 15) is 18.0 Å². The number of benzene rings is 1. The Morgan fingerprint density at radius 1 is 1.33 bits per heavy atom. The highest BCUT2D eigenvalue weighted by molar-refractivity contribution is 6.00. The summed E-state index contributed by atoms with van der Waals surface area (Å²) in [5.41, 5.74) is 1.38. The van der Waals surface area contributed by atoms with Gasteiger partial charge < -0.3 is 10.7 Å². The second kappa shape index (κ2) is 6.80. The maximum atomic E-state index is 12.7. The standard InChI is InChI=1S/C14H20F3N3O/c1-4-8(2)9(3)19-13(21)11-7-10(14(15,16)17)5-6-12(11)20-18/h5-9,20H,4,18H2,1-3H3,(H,19,21). The number of nitrogen functional groups attached to an aromatic ring is 1. The molecule has 0 saturated heterocycles. The molecule has 0 spiro atoms. The number of hydrogen-bond donors (Lipinski definition) is 3. The van der Waals surface area contributed by atoms with Crippen LogP contribution in [0.5, 0.6) is 0 Å². The number of carbonyl (C=O) groups is 1. The van der Waals surface area contributed by atoms with Crippen LogP contribution >= 0.6 is 0 Å². The van der Waals surface area contributed by atoms with Crippen molar-refractivity contribution in [2.45, 2.75) is 39.4 Å². The molecule has 1 aromatic carbocycles. The molecule has 7 heteroatoms. The van der Waals surface area contributed by atoms with Gasteiger partial charge in [0.2, 0.25) is 0 Å². The first-order valence-corrected chi connectivity index (χ1v) is 6.69. The van der Waals surface area contributed by atoms with Crippen LogP contribution < -0.4 is 16.6 Å². The minimum absolute atomic E-state index is 0.123. The van der Waals surface area contributed by atoms with Crippen molar-refractivity contribution in [1.82, 2.24) is 5.32 Å². The van der Waals surface area contributed by atoms with Gasteiger partial charge in [0.1, 0.15) is 0 Å². The van der Waals surface area contributed by atoms with E-state index in [1.165, 1.54) is 0 Å². The molecule has 0 bridgehead atoms. The van der Waals surface area contributed by atoms with Gasteiger partial charge in [0.15, 0.2) is 0 Å². The summed E-state index contributed by atoms with van der Waals surface area (Å²) in [6, 6.07) is 2.67. The van der Waals surface area contributed by atoms with Gasteiger partial charge in [-0.15, -0.1) is 0 Å². The lowest BCUT2D eigenvalue weighted by molar-refractivity contribution is -0.137. The summed E-state index contributed by atoms with van der Waals surface area (Å²) in [4.78, 5) is 12.2. The zero-order chi connectivity index (χ0) is 16.2. The minimum atomic E-state index is -4.51. The van der Waals surface area contributed by atoms with Gasteiger partial charge in [-0.25, -0.2) is 0 Å². The van der Waals surface area contributed by atoms with Gasteiger partial charge in [-0.3, -0.25) is 10.6 Å². The summed E-state index contributed by atoms with van der Waals surface area (Å²) in [5, 5.41) is 2.70. The Morgan fingerprint density at radius 2 is 1.95 bits per heavy atom. The summed E-state index contributed by atoms with van der Waals surface area (Å²) >= 11 is 0. The monoisotopic (exact) mass is 303 g/mol. The quantitative estimate of drug-likeness (QED) is 0.578. The van der Waals surface area contributed by atoms with Crippen LogP contribution in [0.15, 0.2) is 18.2 Å². The fraction of sp³-hybridized carbons (Fsp3) is 0.500. The van der Waals surface area contributed by atoms with Crippen molar-refractivity contribution >= 4 is 11.6 Å². The fourth-order valence-electron chi connectivity index (χ4n) is 1.81. The summed E-state index contributed by atoms with van der Waals surface area (Å²) in [7, 11) is 0. The van der Waals surface area contributed by atoms with Crippen LogP contribution in [0.1, 0.15) is 43.1 Å². The molecule has 0 saturated carbocycles. The third-order valence-corrected chi connectivity index (χ3v) is 3.60. The van der Waals surface area contributed by atoms with E-state index in [1.807, 2.05) is 20.8 Å². The molecule has 0 aliphatic rings. The lowest BCUT2D eigenvalue weighted by Gasteiger charge is -2.21. The molecule has 4 N–H and O–H groups in total. The van der Waals surface area contributed by atoms with Crippen LogP contribution in [-0.4, -0.2) is 11.9 Å². The van der Waals surface area contributed by atoms with Crippen molar-refractivity contribution in [3.63, 3.8) is 0 Å². The van der Waals surface area contributed by atoms with Crippen LogP contribution in [0.4, 0.5) is 18.9 Å². The van der Waals surface area contributed by atoms with Crippen LogP contribution in [0.25, 0.3) is 0 Å². The van der Waals surface area contributed by atoms with Gasteiger partial charge >= 0.3 is 6.18 Å². The molecule has 1 aromatic rings. The second-order valence-electron chi connectivity index (χ2n) is 5.05. The molecule has 1 rings (SSSR count). The van der Waals surface area contributed by atoms with Crippen LogP contribution in [-0.2, 0) is 6.18 Å². The van der Waals surface area contributed by atoms with Gasteiger partial charge in [-0.05, 0) is 31.0 Å². The van der Waals surface area contributed by atoms with Crippen molar-refractivity contribution in [1.29, 1.82) is 0 Å². The number of amides is 1. The minimum Gasteiger partial charge on any atom is -0.349 e. The maximum absolute atomic E-state index is 12.7. The Hall–Kier alpha value is -1.76. The number of carbonyl (C=O) groups excluding carboxylic acids is 1. The smallest absolute Gasteiger partial charge is 0.349 e. The molecule has 2 atom stereocenters. The average Bonchev–Trinajstić information content (AvgIpc) is 2.44. The zero-order valence-corrected chi connectivity index (χ0v) is 12.2.